The number of carbonyl (C=O) groups is 2. The van der Waals surface area contributed by atoms with Crippen LogP contribution in [-0.4, -0.2) is 32.3 Å². The van der Waals surface area contributed by atoms with Crippen LogP contribution in [0, 0.1) is 0 Å². The summed E-state index contributed by atoms with van der Waals surface area (Å²) in [5, 5.41) is 15.7. The molecule has 3 aromatic rings. The van der Waals surface area contributed by atoms with Crippen LogP contribution in [0.4, 0.5) is 5.69 Å². The van der Waals surface area contributed by atoms with Crippen molar-refractivity contribution in [3.05, 3.63) is 81.6 Å². The standard InChI is InChI=1S/C22H20Cl3N5O2S/c1-3-10-30-20(13(2)26-21(32)15-9-8-14(23)11-17(15)25)28-29-22(30)33-12-19(31)27-18-7-5-4-6-16(18)24/h3-9,11,13H,1,10,12H2,2H3,(H,26,32)(H,27,31). The van der Waals surface area contributed by atoms with Crippen LogP contribution in [0.5, 0.6) is 0 Å². The number of carbonyl (C=O) groups excluding carboxylic acids is 2. The predicted molar refractivity (Wildman–Crippen MR) is 133 cm³/mol. The molecule has 0 aliphatic rings. The molecule has 2 N–H and O–H groups in total. The molecule has 3 rings (SSSR count). The summed E-state index contributed by atoms with van der Waals surface area (Å²) in [4.78, 5) is 25.0. The molecule has 7 nitrogen and oxygen atoms in total. The van der Waals surface area contributed by atoms with E-state index in [9.17, 15) is 9.59 Å². The van der Waals surface area contributed by atoms with Crippen LogP contribution >= 0.6 is 46.6 Å². The van der Waals surface area contributed by atoms with Crippen molar-refractivity contribution in [2.24, 2.45) is 0 Å². The summed E-state index contributed by atoms with van der Waals surface area (Å²) in [5.41, 5.74) is 0.837. The van der Waals surface area contributed by atoms with Crippen molar-refractivity contribution in [1.82, 2.24) is 20.1 Å². The number of thioether (sulfide) groups is 1. The Balaban J connectivity index is 1.69. The number of nitrogens with one attached hydrogen (secondary N) is 2. The van der Waals surface area contributed by atoms with E-state index < -0.39 is 6.04 Å². The van der Waals surface area contributed by atoms with E-state index in [1.165, 1.54) is 17.8 Å². The van der Waals surface area contributed by atoms with Gasteiger partial charge in [-0.05, 0) is 37.3 Å². The second kappa shape index (κ2) is 11.6. The van der Waals surface area contributed by atoms with Gasteiger partial charge >= 0.3 is 0 Å². The highest BCUT2D eigenvalue weighted by molar-refractivity contribution is 7.99. The Labute approximate surface area is 210 Å². The third-order valence-corrected chi connectivity index (χ3v) is 6.29. The van der Waals surface area contributed by atoms with E-state index in [4.69, 9.17) is 34.8 Å². The maximum absolute atomic E-state index is 12.7. The number of aromatic nitrogens is 3. The zero-order chi connectivity index (χ0) is 24.0. The van der Waals surface area contributed by atoms with Gasteiger partial charge in [0.05, 0.1) is 33.1 Å². The molecule has 2 aromatic carbocycles. The van der Waals surface area contributed by atoms with Gasteiger partial charge in [-0.25, -0.2) is 0 Å². The lowest BCUT2D eigenvalue weighted by Crippen LogP contribution is -2.29. The number of para-hydroxylation sites is 1. The van der Waals surface area contributed by atoms with Gasteiger partial charge < -0.3 is 15.2 Å². The summed E-state index contributed by atoms with van der Waals surface area (Å²) in [5.74, 6) is 0.0104. The minimum absolute atomic E-state index is 0.0988. The summed E-state index contributed by atoms with van der Waals surface area (Å²) >= 11 is 19.3. The van der Waals surface area contributed by atoms with Crippen molar-refractivity contribution in [3.63, 3.8) is 0 Å². The number of allylic oxidation sites excluding steroid dienone is 1. The topological polar surface area (TPSA) is 88.9 Å². The van der Waals surface area contributed by atoms with Crippen LogP contribution in [0.2, 0.25) is 15.1 Å². The first-order chi connectivity index (χ1) is 15.8. The van der Waals surface area contributed by atoms with Crippen LogP contribution in [-0.2, 0) is 11.3 Å². The van der Waals surface area contributed by atoms with E-state index >= 15 is 0 Å². The zero-order valence-electron chi connectivity index (χ0n) is 17.5. The number of benzene rings is 2. The van der Waals surface area contributed by atoms with Gasteiger partial charge in [-0.2, -0.15) is 0 Å². The Morgan fingerprint density at radius 1 is 1.15 bits per heavy atom. The molecule has 11 heteroatoms. The summed E-state index contributed by atoms with van der Waals surface area (Å²) in [6.07, 6.45) is 1.69. The second-order valence-electron chi connectivity index (χ2n) is 6.88. The number of anilines is 1. The summed E-state index contributed by atoms with van der Waals surface area (Å²) in [7, 11) is 0. The number of nitrogens with zero attached hydrogens (tertiary/aromatic N) is 3. The monoisotopic (exact) mass is 523 g/mol. The van der Waals surface area contributed by atoms with Gasteiger partial charge in [0.15, 0.2) is 11.0 Å². The third-order valence-electron chi connectivity index (χ3n) is 4.45. The van der Waals surface area contributed by atoms with E-state index in [1.807, 2.05) is 0 Å². The molecule has 1 unspecified atom stereocenters. The minimum atomic E-state index is -0.483. The molecule has 1 aromatic heterocycles. The molecule has 172 valence electrons. The maximum atomic E-state index is 12.7. The third kappa shape index (κ3) is 6.51. The Morgan fingerprint density at radius 3 is 2.61 bits per heavy atom. The lowest BCUT2D eigenvalue weighted by Gasteiger charge is -2.16. The van der Waals surface area contributed by atoms with Crippen LogP contribution in [0.3, 0.4) is 0 Å². The molecule has 0 saturated carbocycles. The fraction of sp³-hybridized carbons (Fsp3) is 0.182. The van der Waals surface area contributed by atoms with Crippen LogP contribution in [0.25, 0.3) is 0 Å². The second-order valence-corrected chi connectivity index (χ2v) is 9.07. The van der Waals surface area contributed by atoms with Gasteiger partial charge in [-0.1, -0.05) is 64.8 Å². The van der Waals surface area contributed by atoms with E-state index in [-0.39, 0.29) is 22.6 Å². The first kappa shape index (κ1) is 25.1. The van der Waals surface area contributed by atoms with Crippen LogP contribution in [0.1, 0.15) is 29.1 Å². The fourth-order valence-corrected chi connectivity index (χ4v) is 4.35. The first-order valence-corrected chi connectivity index (χ1v) is 11.9. The quantitative estimate of drug-likeness (QED) is 0.279. The maximum Gasteiger partial charge on any atom is 0.253 e. The van der Waals surface area contributed by atoms with Crippen molar-refractivity contribution in [2.75, 3.05) is 11.1 Å². The summed E-state index contributed by atoms with van der Waals surface area (Å²) in [6.45, 7) is 5.95. The SMILES string of the molecule is C=CCn1c(SCC(=O)Nc2ccccc2Cl)nnc1C(C)NC(=O)c1ccc(Cl)cc1Cl. The minimum Gasteiger partial charge on any atom is -0.342 e. The first-order valence-electron chi connectivity index (χ1n) is 9.77. The molecule has 0 saturated heterocycles. The molecule has 0 spiro atoms. The van der Waals surface area contributed by atoms with Crippen LogP contribution < -0.4 is 10.6 Å². The number of hydrogen-bond donors (Lipinski definition) is 2. The van der Waals surface area contributed by atoms with Gasteiger partial charge in [0.1, 0.15) is 0 Å². The van der Waals surface area contributed by atoms with Gasteiger partial charge in [0, 0.05) is 11.6 Å². The average molecular weight is 525 g/mol. The largest absolute Gasteiger partial charge is 0.342 e. The van der Waals surface area contributed by atoms with Crippen molar-refractivity contribution >= 4 is 64.1 Å². The normalized spacial score (nSPS) is 11.6. The number of halogens is 3. The molecule has 0 fully saturated rings. The van der Waals surface area contributed by atoms with Crippen LogP contribution in [0.15, 0.2) is 60.3 Å². The fourth-order valence-electron chi connectivity index (χ4n) is 2.92. The number of rotatable bonds is 9. The molecule has 2 amide bonds. The summed E-state index contributed by atoms with van der Waals surface area (Å²) < 4.78 is 1.79. The average Bonchev–Trinajstić information content (AvgIpc) is 3.17. The van der Waals surface area contributed by atoms with Gasteiger partial charge in [0.25, 0.3) is 5.91 Å². The smallest absolute Gasteiger partial charge is 0.253 e. The van der Waals surface area contributed by atoms with Crippen molar-refractivity contribution in [2.45, 2.75) is 24.7 Å². The predicted octanol–water partition coefficient (Wildman–Crippen LogP) is 5.65. The zero-order valence-corrected chi connectivity index (χ0v) is 20.6. The highest BCUT2D eigenvalue weighted by atomic mass is 35.5. The Bertz CT molecular complexity index is 1180. The molecule has 1 atom stereocenters. The van der Waals surface area contributed by atoms with Gasteiger partial charge in [0.2, 0.25) is 5.91 Å². The molecule has 0 aliphatic carbocycles. The van der Waals surface area contributed by atoms with Crippen molar-refractivity contribution < 1.29 is 9.59 Å². The molecule has 0 aliphatic heterocycles. The lowest BCUT2D eigenvalue weighted by molar-refractivity contribution is -0.113. The van der Waals surface area contributed by atoms with E-state index in [2.05, 4.69) is 27.4 Å². The van der Waals surface area contributed by atoms with Crippen molar-refractivity contribution in [3.8, 4) is 0 Å². The molecule has 33 heavy (non-hydrogen) atoms. The highest BCUT2D eigenvalue weighted by Crippen LogP contribution is 2.25. The molecular formula is C22H20Cl3N5O2S. The highest BCUT2D eigenvalue weighted by Gasteiger charge is 2.21. The molecular weight excluding hydrogens is 505 g/mol. The number of hydrogen-bond acceptors (Lipinski definition) is 5. The molecule has 0 radical (unpaired) electrons. The lowest BCUT2D eigenvalue weighted by atomic mass is 10.2. The van der Waals surface area contributed by atoms with E-state index in [0.29, 0.717) is 38.8 Å². The van der Waals surface area contributed by atoms with Gasteiger partial charge in [-0.15, -0.1) is 16.8 Å². The molecule has 0 bridgehead atoms. The Hall–Kier alpha value is -2.52. The molecule has 1 heterocycles. The van der Waals surface area contributed by atoms with Crippen molar-refractivity contribution in [1.29, 1.82) is 0 Å². The van der Waals surface area contributed by atoms with E-state index in [1.54, 1.807) is 54.0 Å². The Morgan fingerprint density at radius 2 is 1.91 bits per heavy atom. The summed E-state index contributed by atoms with van der Waals surface area (Å²) in [6, 6.07) is 11.2. The Kier molecular flexibility index (Phi) is 8.80. The number of amides is 2. The van der Waals surface area contributed by atoms with Gasteiger partial charge in [-0.3, -0.25) is 9.59 Å². The van der Waals surface area contributed by atoms with E-state index in [0.717, 1.165) is 0 Å².